The Bertz CT molecular complexity index is 804. The Morgan fingerprint density at radius 2 is 2.00 bits per heavy atom. The zero-order valence-corrected chi connectivity index (χ0v) is 15.8. The number of hydrogen-bond acceptors (Lipinski definition) is 2. The van der Waals surface area contributed by atoms with Crippen LogP contribution in [0, 0.1) is 5.82 Å². The predicted octanol–water partition coefficient (Wildman–Crippen LogP) is 5.22. The average molecular weight is 376 g/mol. The zero-order valence-electron chi connectivity index (χ0n) is 15.0. The molecular formula is C21H23ClFNO2. The highest BCUT2D eigenvalue weighted by Crippen LogP contribution is 2.42. The maximum Gasteiger partial charge on any atom is 0.225 e. The van der Waals surface area contributed by atoms with Crippen LogP contribution in [-0.4, -0.2) is 11.5 Å². The molecule has 0 fully saturated rings. The summed E-state index contributed by atoms with van der Waals surface area (Å²) in [6, 6.07) is 12.0. The number of benzene rings is 2. The van der Waals surface area contributed by atoms with Gasteiger partial charge in [0.25, 0.3) is 0 Å². The second-order valence-corrected chi connectivity index (χ2v) is 7.20. The molecule has 5 heteroatoms. The van der Waals surface area contributed by atoms with Crippen molar-refractivity contribution in [2.75, 3.05) is 0 Å². The molecule has 3 rings (SSSR count). The van der Waals surface area contributed by atoms with E-state index in [0.29, 0.717) is 17.0 Å². The van der Waals surface area contributed by atoms with Crippen LogP contribution in [0.2, 0.25) is 5.02 Å². The molecule has 0 aromatic heterocycles. The van der Waals surface area contributed by atoms with Gasteiger partial charge in [0.2, 0.25) is 5.91 Å². The van der Waals surface area contributed by atoms with Crippen LogP contribution in [0.15, 0.2) is 42.5 Å². The van der Waals surface area contributed by atoms with Gasteiger partial charge >= 0.3 is 0 Å². The van der Waals surface area contributed by atoms with Gasteiger partial charge in [-0.1, -0.05) is 49.7 Å². The number of fused-ring (bicyclic) bond motifs is 1. The molecule has 1 atom stereocenters. The summed E-state index contributed by atoms with van der Waals surface area (Å²) in [5.41, 5.74) is 1.01. The number of carbonyl (C=O) groups excluding carboxylic acids is 1. The van der Waals surface area contributed by atoms with Gasteiger partial charge in [-0.15, -0.1) is 0 Å². The van der Waals surface area contributed by atoms with E-state index in [-0.39, 0.29) is 24.0 Å². The molecule has 1 heterocycles. The van der Waals surface area contributed by atoms with E-state index < -0.39 is 5.82 Å². The lowest BCUT2D eigenvalue weighted by Gasteiger charge is -2.41. The van der Waals surface area contributed by atoms with Crippen molar-refractivity contribution in [3.05, 3.63) is 64.4 Å². The summed E-state index contributed by atoms with van der Waals surface area (Å²) in [6.45, 7) is 4.19. The fraction of sp³-hybridized carbons (Fsp3) is 0.381. The number of carbonyl (C=O) groups is 1. The van der Waals surface area contributed by atoms with Gasteiger partial charge in [0, 0.05) is 17.0 Å². The summed E-state index contributed by atoms with van der Waals surface area (Å²) in [4.78, 5) is 12.6. The Morgan fingerprint density at radius 1 is 1.27 bits per heavy atom. The lowest BCUT2D eigenvalue weighted by atomic mass is 9.83. The topological polar surface area (TPSA) is 38.3 Å². The van der Waals surface area contributed by atoms with Crippen LogP contribution >= 0.6 is 11.6 Å². The van der Waals surface area contributed by atoms with E-state index in [1.807, 2.05) is 24.3 Å². The van der Waals surface area contributed by atoms with Gasteiger partial charge < -0.3 is 10.1 Å². The Hall–Kier alpha value is -2.07. The zero-order chi connectivity index (χ0) is 18.7. The van der Waals surface area contributed by atoms with E-state index in [1.54, 1.807) is 12.1 Å². The lowest BCUT2D eigenvalue weighted by molar-refractivity contribution is -0.121. The summed E-state index contributed by atoms with van der Waals surface area (Å²) in [7, 11) is 0. The molecule has 2 aromatic rings. The third kappa shape index (κ3) is 3.85. The average Bonchev–Trinajstić information content (AvgIpc) is 2.64. The van der Waals surface area contributed by atoms with Crippen molar-refractivity contribution in [2.45, 2.75) is 51.2 Å². The van der Waals surface area contributed by atoms with Gasteiger partial charge in [0.15, 0.2) is 0 Å². The number of ether oxygens (including phenoxy) is 1. The Morgan fingerprint density at radius 3 is 2.69 bits per heavy atom. The SMILES string of the molecule is CCC1(CC)CC(NC(=O)Cc2ccc(Cl)cc2F)c2ccccc2O1. The Balaban J connectivity index is 1.80. The first kappa shape index (κ1) is 18.7. The first-order valence-electron chi connectivity index (χ1n) is 8.97. The molecule has 1 aliphatic rings. The molecule has 0 aliphatic carbocycles. The number of halogens is 2. The molecule has 1 N–H and O–H groups in total. The fourth-order valence-corrected chi connectivity index (χ4v) is 3.67. The largest absolute Gasteiger partial charge is 0.487 e. The molecule has 1 unspecified atom stereocenters. The third-order valence-corrected chi connectivity index (χ3v) is 5.42. The molecule has 0 saturated heterocycles. The monoisotopic (exact) mass is 375 g/mol. The van der Waals surface area contributed by atoms with Gasteiger partial charge in [-0.25, -0.2) is 4.39 Å². The fourth-order valence-electron chi connectivity index (χ4n) is 3.51. The molecule has 2 aromatic carbocycles. The van der Waals surface area contributed by atoms with Crippen molar-refractivity contribution in [1.29, 1.82) is 0 Å². The quantitative estimate of drug-likeness (QED) is 0.778. The highest BCUT2D eigenvalue weighted by molar-refractivity contribution is 6.30. The van der Waals surface area contributed by atoms with Crippen molar-refractivity contribution in [3.63, 3.8) is 0 Å². The van der Waals surface area contributed by atoms with E-state index in [9.17, 15) is 9.18 Å². The number of hydrogen-bond donors (Lipinski definition) is 1. The van der Waals surface area contributed by atoms with Gasteiger partial charge in [0.05, 0.1) is 12.5 Å². The first-order valence-corrected chi connectivity index (χ1v) is 9.35. The Labute approximate surface area is 158 Å². The molecule has 0 spiro atoms. The molecule has 0 radical (unpaired) electrons. The number of para-hydroxylation sites is 1. The highest BCUT2D eigenvalue weighted by atomic mass is 35.5. The highest BCUT2D eigenvalue weighted by Gasteiger charge is 2.38. The van der Waals surface area contributed by atoms with Gasteiger partial charge in [-0.05, 0) is 36.6 Å². The normalized spacial score (nSPS) is 17.9. The van der Waals surface area contributed by atoms with Crippen LogP contribution < -0.4 is 10.1 Å². The van der Waals surface area contributed by atoms with Crippen LogP contribution in [0.4, 0.5) is 4.39 Å². The molecule has 0 bridgehead atoms. The van der Waals surface area contributed by atoms with Crippen molar-refractivity contribution < 1.29 is 13.9 Å². The second kappa shape index (κ2) is 7.67. The minimum atomic E-state index is -0.462. The van der Waals surface area contributed by atoms with Crippen LogP contribution in [0.5, 0.6) is 5.75 Å². The van der Waals surface area contributed by atoms with E-state index in [4.69, 9.17) is 16.3 Å². The smallest absolute Gasteiger partial charge is 0.225 e. The summed E-state index contributed by atoms with van der Waals surface area (Å²) in [6.07, 6.45) is 2.39. The van der Waals surface area contributed by atoms with Crippen molar-refractivity contribution in [2.24, 2.45) is 0 Å². The molecule has 0 saturated carbocycles. The summed E-state index contributed by atoms with van der Waals surface area (Å²) in [5.74, 6) is 0.135. The van der Waals surface area contributed by atoms with Crippen LogP contribution in [0.3, 0.4) is 0 Å². The molecule has 1 amide bonds. The number of rotatable bonds is 5. The van der Waals surface area contributed by atoms with Gasteiger partial charge in [-0.3, -0.25) is 4.79 Å². The number of nitrogens with one attached hydrogen (secondary N) is 1. The van der Waals surface area contributed by atoms with E-state index in [0.717, 1.165) is 24.2 Å². The van der Waals surface area contributed by atoms with Crippen molar-refractivity contribution >= 4 is 17.5 Å². The van der Waals surface area contributed by atoms with Crippen molar-refractivity contribution in [3.8, 4) is 5.75 Å². The van der Waals surface area contributed by atoms with Crippen molar-refractivity contribution in [1.82, 2.24) is 5.32 Å². The number of amides is 1. The maximum atomic E-state index is 14.0. The van der Waals surface area contributed by atoms with E-state index in [1.165, 1.54) is 6.07 Å². The minimum absolute atomic E-state index is 0.0201. The minimum Gasteiger partial charge on any atom is -0.487 e. The Kier molecular flexibility index (Phi) is 5.52. The van der Waals surface area contributed by atoms with Crippen LogP contribution in [-0.2, 0) is 11.2 Å². The standard InChI is InChI=1S/C21H23ClFNO2/c1-3-21(4-2)13-18(16-7-5-6-8-19(16)26-21)24-20(25)11-14-9-10-15(22)12-17(14)23/h5-10,12,18H,3-4,11,13H2,1-2H3,(H,24,25). The molecule has 138 valence electrons. The van der Waals surface area contributed by atoms with Gasteiger partial charge in [-0.2, -0.15) is 0 Å². The third-order valence-electron chi connectivity index (χ3n) is 5.19. The van der Waals surface area contributed by atoms with E-state index >= 15 is 0 Å². The predicted molar refractivity (Wildman–Crippen MR) is 101 cm³/mol. The summed E-state index contributed by atoms with van der Waals surface area (Å²) < 4.78 is 20.2. The second-order valence-electron chi connectivity index (χ2n) is 6.77. The van der Waals surface area contributed by atoms with Gasteiger partial charge in [0.1, 0.15) is 17.2 Å². The first-order chi connectivity index (χ1) is 12.5. The molecular weight excluding hydrogens is 353 g/mol. The van der Waals surface area contributed by atoms with Crippen LogP contribution in [0.25, 0.3) is 0 Å². The van der Waals surface area contributed by atoms with Crippen LogP contribution in [0.1, 0.15) is 50.3 Å². The molecule has 26 heavy (non-hydrogen) atoms. The molecule has 1 aliphatic heterocycles. The summed E-state index contributed by atoms with van der Waals surface area (Å²) in [5, 5.41) is 3.39. The lowest BCUT2D eigenvalue weighted by Crippen LogP contribution is -2.44. The van der Waals surface area contributed by atoms with E-state index in [2.05, 4.69) is 19.2 Å². The summed E-state index contributed by atoms with van der Waals surface area (Å²) >= 11 is 5.77. The molecule has 3 nitrogen and oxygen atoms in total. The maximum absolute atomic E-state index is 14.0.